The van der Waals surface area contributed by atoms with E-state index in [-0.39, 0.29) is 0 Å². The first kappa shape index (κ1) is 16.9. The molecule has 1 aliphatic rings. The highest BCUT2D eigenvalue weighted by Crippen LogP contribution is 2.45. The molecule has 0 spiro atoms. The van der Waals surface area contributed by atoms with E-state index < -0.39 is 0 Å². The van der Waals surface area contributed by atoms with Gasteiger partial charge in [-0.05, 0) is 37.0 Å². The summed E-state index contributed by atoms with van der Waals surface area (Å²) in [5, 5.41) is 2.21. The standard InChI is InChI=1S/C14H26Br2O2/c1-17-9-10-18-8-4-7-14(11-15,12-16)13-5-2-3-6-13/h13H,2-12H2,1H3. The van der Waals surface area contributed by atoms with E-state index in [1.54, 1.807) is 7.11 Å². The monoisotopic (exact) mass is 384 g/mol. The molecule has 108 valence electrons. The van der Waals surface area contributed by atoms with Crippen molar-refractivity contribution in [3.63, 3.8) is 0 Å². The van der Waals surface area contributed by atoms with Gasteiger partial charge in [0.05, 0.1) is 13.2 Å². The highest BCUT2D eigenvalue weighted by atomic mass is 79.9. The van der Waals surface area contributed by atoms with Gasteiger partial charge in [0.25, 0.3) is 0 Å². The minimum Gasteiger partial charge on any atom is -0.382 e. The van der Waals surface area contributed by atoms with E-state index in [4.69, 9.17) is 9.47 Å². The molecule has 0 unspecified atom stereocenters. The molecule has 0 heterocycles. The first-order valence-corrected chi connectivity index (χ1v) is 9.22. The lowest BCUT2D eigenvalue weighted by Crippen LogP contribution is -2.33. The summed E-state index contributed by atoms with van der Waals surface area (Å²) >= 11 is 7.49. The molecule has 0 saturated heterocycles. The number of rotatable bonds is 10. The van der Waals surface area contributed by atoms with E-state index in [9.17, 15) is 0 Å². The van der Waals surface area contributed by atoms with Gasteiger partial charge in [0.15, 0.2) is 0 Å². The third kappa shape index (κ3) is 5.10. The number of methoxy groups -OCH3 is 1. The van der Waals surface area contributed by atoms with E-state index in [0.29, 0.717) is 12.0 Å². The fourth-order valence-electron chi connectivity index (χ4n) is 2.90. The van der Waals surface area contributed by atoms with Gasteiger partial charge < -0.3 is 9.47 Å². The van der Waals surface area contributed by atoms with Crippen LogP contribution in [-0.2, 0) is 9.47 Å². The molecule has 0 aromatic carbocycles. The lowest BCUT2D eigenvalue weighted by Gasteiger charge is -2.36. The number of halogens is 2. The summed E-state index contributed by atoms with van der Waals surface area (Å²) in [5.41, 5.74) is 0.432. The lowest BCUT2D eigenvalue weighted by atomic mass is 9.74. The quantitative estimate of drug-likeness (QED) is 0.410. The van der Waals surface area contributed by atoms with Crippen molar-refractivity contribution in [1.29, 1.82) is 0 Å². The van der Waals surface area contributed by atoms with Crippen molar-refractivity contribution in [3.8, 4) is 0 Å². The Morgan fingerprint density at radius 2 is 1.72 bits per heavy atom. The van der Waals surface area contributed by atoms with Crippen molar-refractivity contribution in [2.75, 3.05) is 37.6 Å². The van der Waals surface area contributed by atoms with Crippen molar-refractivity contribution < 1.29 is 9.47 Å². The second kappa shape index (κ2) is 9.73. The number of ether oxygens (including phenoxy) is 2. The van der Waals surface area contributed by atoms with E-state index in [0.717, 1.165) is 36.2 Å². The fraction of sp³-hybridized carbons (Fsp3) is 1.00. The van der Waals surface area contributed by atoms with Crippen molar-refractivity contribution in [2.45, 2.75) is 38.5 Å². The first-order valence-electron chi connectivity index (χ1n) is 6.97. The van der Waals surface area contributed by atoms with E-state index in [1.165, 1.54) is 32.1 Å². The molecule has 2 nitrogen and oxygen atoms in total. The average molecular weight is 386 g/mol. The van der Waals surface area contributed by atoms with Crippen LogP contribution in [0.1, 0.15) is 38.5 Å². The lowest BCUT2D eigenvalue weighted by molar-refractivity contribution is 0.0623. The van der Waals surface area contributed by atoms with Crippen molar-refractivity contribution in [3.05, 3.63) is 0 Å². The van der Waals surface area contributed by atoms with Crippen LogP contribution in [0, 0.1) is 11.3 Å². The van der Waals surface area contributed by atoms with Crippen LogP contribution < -0.4 is 0 Å². The molecule has 0 bridgehead atoms. The fourth-order valence-corrected chi connectivity index (χ4v) is 5.31. The largest absolute Gasteiger partial charge is 0.382 e. The molecule has 1 fully saturated rings. The van der Waals surface area contributed by atoms with Crippen LogP contribution in [0.25, 0.3) is 0 Å². The number of hydrogen-bond acceptors (Lipinski definition) is 2. The van der Waals surface area contributed by atoms with Gasteiger partial charge in [0, 0.05) is 24.4 Å². The SMILES string of the molecule is COCCOCCCC(CBr)(CBr)C1CCCC1. The van der Waals surface area contributed by atoms with Crippen molar-refractivity contribution >= 4 is 31.9 Å². The predicted octanol–water partition coefficient (Wildman–Crippen LogP) is 4.40. The summed E-state index contributed by atoms with van der Waals surface area (Å²) in [4.78, 5) is 0. The predicted molar refractivity (Wildman–Crippen MR) is 83.9 cm³/mol. The molecule has 0 aromatic heterocycles. The van der Waals surface area contributed by atoms with Crippen LogP contribution in [-0.4, -0.2) is 37.6 Å². The summed E-state index contributed by atoms with van der Waals surface area (Å²) in [7, 11) is 1.71. The highest BCUT2D eigenvalue weighted by molar-refractivity contribution is 9.09. The van der Waals surface area contributed by atoms with Gasteiger partial charge in [-0.2, -0.15) is 0 Å². The Bertz CT molecular complexity index is 202. The number of hydrogen-bond donors (Lipinski definition) is 0. The van der Waals surface area contributed by atoms with Gasteiger partial charge in [-0.15, -0.1) is 0 Å². The summed E-state index contributed by atoms with van der Waals surface area (Å²) in [6.45, 7) is 2.28. The van der Waals surface area contributed by atoms with Crippen LogP contribution in [0.4, 0.5) is 0 Å². The molecular formula is C14H26Br2O2. The molecule has 0 radical (unpaired) electrons. The Balaban J connectivity index is 2.28. The van der Waals surface area contributed by atoms with Crippen LogP contribution in [0.3, 0.4) is 0 Å². The Labute approximate surface area is 128 Å². The van der Waals surface area contributed by atoms with E-state index >= 15 is 0 Å². The zero-order valence-electron chi connectivity index (χ0n) is 11.4. The van der Waals surface area contributed by atoms with Gasteiger partial charge in [-0.3, -0.25) is 0 Å². The van der Waals surface area contributed by atoms with Crippen molar-refractivity contribution in [1.82, 2.24) is 0 Å². The summed E-state index contributed by atoms with van der Waals surface area (Å²) in [6.07, 6.45) is 8.04. The molecule has 1 rings (SSSR count). The minimum atomic E-state index is 0.432. The highest BCUT2D eigenvalue weighted by Gasteiger charge is 2.37. The van der Waals surface area contributed by atoms with Crippen LogP contribution in [0.2, 0.25) is 0 Å². The second-order valence-corrected chi connectivity index (χ2v) is 6.44. The molecule has 0 N–H and O–H groups in total. The maximum atomic E-state index is 5.57. The number of alkyl halides is 2. The maximum absolute atomic E-state index is 5.57. The zero-order valence-corrected chi connectivity index (χ0v) is 14.6. The third-order valence-corrected chi connectivity index (χ3v) is 6.38. The van der Waals surface area contributed by atoms with Gasteiger partial charge >= 0.3 is 0 Å². The molecule has 18 heavy (non-hydrogen) atoms. The first-order chi connectivity index (χ1) is 8.79. The van der Waals surface area contributed by atoms with Gasteiger partial charge in [-0.25, -0.2) is 0 Å². The maximum Gasteiger partial charge on any atom is 0.0700 e. The summed E-state index contributed by atoms with van der Waals surface area (Å²) < 4.78 is 10.5. The summed E-state index contributed by atoms with van der Waals surface area (Å²) in [5.74, 6) is 0.884. The normalized spacial score (nSPS) is 17.5. The van der Waals surface area contributed by atoms with Crippen LogP contribution in [0.5, 0.6) is 0 Å². The Morgan fingerprint density at radius 3 is 2.28 bits per heavy atom. The molecule has 0 atom stereocenters. The van der Waals surface area contributed by atoms with Gasteiger partial charge in [0.2, 0.25) is 0 Å². The van der Waals surface area contributed by atoms with Gasteiger partial charge in [-0.1, -0.05) is 44.7 Å². The van der Waals surface area contributed by atoms with Crippen molar-refractivity contribution in [2.24, 2.45) is 11.3 Å². The van der Waals surface area contributed by atoms with E-state index in [1.807, 2.05) is 0 Å². The van der Waals surface area contributed by atoms with Crippen LogP contribution in [0.15, 0.2) is 0 Å². The molecule has 0 aliphatic heterocycles. The van der Waals surface area contributed by atoms with Gasteiger partial charge in [0.1, 0.15) is 0 Å². The molecule has 1 aliphatic carbocycles. The summed E-state index contributed by atoms with van der Waals surface area (Å²) in [6, 6.07) is 0. The zero-order chi connectivity index (χ0) is 13.3. The Kier molecular flexibility index (Phi) is 9.16. The average Bonchev–Trinajstić information content (AvgIpc) is 2.93. The molecular weight excluding hydrogens is 360 g/mol. The smallest absolute Gasteiger partial charge is 0.0700 e. The topological polar surface area (TPSA) is 18.5 Å². The Hall–Kier alpha value is 0.880. The molecule has 1 saturated carbocycles. The molecule has 0 aromatic rings. The molecule has 4 heteroatoms. The minimum absolute atomic E-state index is 0.432. The van der Waals surface area contributed by atoms with Crippen LogP contribution >= 0.6 is 31.9 Å². The molecule has 0 amide bonds. The van der Waals surface area contributed by atoms with E-state index in [2.05, 4.69) is 31.9 Å². The third-order valence-electron chi connectivity index (χ3n) is 4.15. The second-order valence-electron chi connectivity index (χ2n) is 5.32. The Morgan fingerprint density at radius 1 is 1.06 bits per heavy atom.